The number of benzene rings is 1. The van der Waals surface area contributed by atoms with Crippen molar-refractivity contribution in [3.05, 3.63) is 69.8 Å². The summed E-state index contributed by atoms with van der Waals surface area (Å²) >= 11 is 0. The highest BCUT2D eigenvalue weighted by atomic mass is 16.2. The standard InChI is InChI=1S/C15H15N3O/c1-11-6-5-7-12(2)13(11)10-18-15(19)17-9-4-3-8-14(17)16-18/h3-9H,10H2,1-2H3. The Morgan fingerprint density at radius 2 is 1.79 bits per heavy atom. The van der Waals surface area contributed by atoms with E-state index in [4.69, 9.17) is 0 Å². The molecule has 0 fully saturated rings. The summed E-state index contributed by atoms with van der Waals surface area (Å²) in [5.41, 5.74) is 4.11. The molecule has 0 bridgehead atoms. The van der Waals surface area contributed by atoms with Crippen molar-refractivity contribution in [1.82, 2.24) is 14.2 Å². The zero-order valence-corrected chi connectivity index (χ0v) is 11.0. The molecule has 0 N–H and O–H groups in total. The normalized spacial score (nSPS) is 11.1. The van der Waals surface area contributed by atoms with Crippen LogP contribution in [-0.2, 0) is 6.54 Å². The highest BCUT2D eigenvalue weighted by molar-refractivity contribution is 5.37. The van der Waals surface area contributed by atoms with Crippen LogP contribution in [0.3, 0.4) is 0 Å². The first kappa shape index (κ1) is 11.7. The van der Waals surface area contributed by atoms with E-state index in [0.29, 0.717) is 12.2 Å². The van der Waals surface area contributed by atoms with Crippen molar-refractivity contribution in [2.45, 2.75) is 20.4 Å². The number of pyridine rings is 1. The molecule has 4 nitrogen and oxygen atoms in total. The van der Waals surface area contributed by atoms with Gasteiger partial charge in [-0.3, -0.25) is 4.40 Å². The number of aryl methyl sites for hydroxylation is 2. The molecule has 0 aliphatic rings. The van der Waals surface area contributed by atoms with Gasteiger partial charge in [0.2, 0.25) is 0 Å². The lowest BCUT2D eigenvalue weighted by molar-refractivity contribution is 0.654. The quantitative estimate of drug-likeness (QED) is 0.702. The van der Waals surface area contributed by atoms with Crippen LogP contribution in [0.2, 0.25) is 0 Å². The maximum absolute atomic E-state index is 12.2. The summed E-state index contributed by atoms with van der Waals surface area (Å²) in [7, 11) is 0. The molecule has 0 saturated heterocycles. The maximum atomic E-state index is 12.2. The second-order valence-electron chi connectivity index (χ2n) is 4.74. The van der Waals surface area contributed by atoms with Crippen LogP contribution >= 0.6 is 0 Å². The molecule has 0 spiro atoms. The van der Waals surface area contributed by atoms with Gasteiger partial charge < -0.3 is 0 Å². The Kier molecular flexibility index (Phi) is 2.71. The van der Waals surface area contributed by atoms with Crippen molar-refractivity contribution in [3.63, 3.8) is 0 Å². The topological polar surface area (TPSA) is 39.3 Å². The van der Waals surface area contributed by atoms with Gasteiger partial charge >= 0.3 is 5.69 Å². The molecule has 0 aliphatic carbocycles. The van der Waals surface area contributed by atoms with E-state index in [1.807, 2.05) is 24.3 Å². The Balaban J connectivity index is 2.11. The third-order valence-corrected chi connectivity index (χ3v) is 3.44. The van der Waals surface area contributed by atoms with Crippen LogP contribution in [0, 0.1) is 13.8 Å². The van der Waals surface area contributed by atoms with Crippen LogP contribution in [0.5, 0.6) is 0 Å². The van der Waals surface area contributed by atoms with Gasteiger partial charge in [0.1, 0.15) is 0 Å². The Labute approximate surface area is 110 Å². The van der Waals surface area contributed by atoms with E-state index in [1.165, 1.54) is 15.8 Å². The lowest BCUT2D eigenvalue weighted by Gasteiger charge is -2.08. The second kappa shape index (κ2) is 4.39. The number of hydrogen-bond donors (Lipinski definition) is 0. The molecule has 3 aromatic rings. The second-order valence-corrected chi connectivity index (χ2v) is 4.74. The monoisotopic (exact) mass is 253 g/mol. The molecular weight excluding hydrogens is 238 g/mol. The first-order valence-electron chi connectivity index (χ1n) is 6.26. The van der Waals surface area contributed by atoms with Crippen molar-refractivity contribution in [3.8, 4) is 0 Å². The van der Waals surface area contributed by atoms with Crippen molar-refractivity contribution in [1.29, 1.82) is 0 Å². The zero-order valence-electron chi connectivity index (χ0n) is 11.0. The smallest absolute Gasteiger partial charge is 0.250 e. The van der Waals surface area contributed by atoms with Crippen molar-refractivity contribution >= 4 is 5.65 Å². The van der Waals surface area contributed by atoms with Gasteiger partial charge in [-0.15, -0.1) is 5.10 Å². The van der Waals surface area contributed by atoms with Crippen molar-refractivity contribution in [2.75, 3.05) is 0 Å². The average molecular weight is 253 g/mol. The molecule has 19 heavy (non-hydrogen) atoms. The fraction of sp³-hybridized carbons (Fsp3) is 0.200. The summed E-state index contributed by atoms with van der Waals surface area (Å²) in [6.45, 7) is 4.63. The van der Waals surface area contributed by atoms with E-state index in [-0.39, 0.29) is 5.69 Å². The molecule has 3 rings (SSSR count). The molecule has 1 aromatic carbocycles. The fourth-order valence-electron chi connectivity index (χ4n) is 2.32. The van der Waals surface area contributed by atoms with E-state index in [1.54, 1.807) is 10.6 Å². The van der Waals surface area contributed by atoms with Crippen molar-refractivity contribution in [2.24, 2.45) is 0 Å². The molecule has 0 unspecified atom stereocenters. The fourth-order valence-corrected chi connectivity index (χ4v) is 2.32. The predicted molar refractivity (Wildman–Crippen MR) is 74.5 cm³/mol. The number of aromatic nitrogens is 3. The first-order chi connectivity index (χ1) is 9.16. The van der Waals surface area contributed by atoms with Crippen molar-refractivity contribution < 1.29 is 0 Å². The van der Waals surface area contributed by atoms with E-state index < -0.39 is 0 Å². The molecular formula is C15H15N3O. The van der Waals surface area contributed by atoms with Crippen LogP contribution in [0.1, 0.15) is 16.7 Å². The van der Waals surface area contributed by atoms with E-state index in [0.717, 1.165) is 5.56 Å². The van der Waals surface area contributed by atoms with E-state index in [2.05, 4.69) is 31.1 Å². The first-order valence-corrected chi connectivity index (χ1v) is 6.26. The van der Waals surface area contributed by atoms with Gasteiger partial charge in [-0.2, -0.15) is 0 Å². The number of rotatable bonds is 2. The minimum Gasteiger partial charge on any atom is -0.250 e. The molecule has 4 heteroatoms. The lowest BCUT2D eigenvalue weighted by atomic mass is 10.0. The Morgan fingerprint density at radius 3 is 2.47 bits per heavy atom. The summed E-state index contributed by atoms with van der Waals surface area (Å²) in [5, 5.41) is 4.36. The Bertz CT molecular complexity index is 778. The van der Waals surface area contributed by atoms with Gasteiger partial charge in [0, 0.05) is 6.20 Å². The Hall–Kier alpha value is -2.36. The molecule has 2 aromatic heterocycles. The predicted octanol–water partition coefficient (Wildman–Crippen LogP) is 2.16. The molecule has 96 valence electrons. The van der Waals surface area contributed by atoms with Gasteiger partial charge in [-0.05, 0) is 42.7 Å². The summed E-state index contributed by atoms with van der Waals surface area (Å²) < 4.78 is 3.08. The Morgan fingerprint density at radius 1 is 1.05 bits per heavy atom. The highest BCUT2D eigenvalue weighted by Gasteiger charge is 2.09. The minimum atomic E-state index is -0.0988. The number of hydrogen-bond acceptors (Lipinski definition) is 2. The van der Waals surface area contributed by atoms with Gasteiger partial charge in [0.15, 0.2) is 5.65 Å². The van der Waals surface area contributed by atoms with E-state index in [9.17, 15) is 4.79 Å². The molecule has 0 aliphatic heterocycles. The lowest BCUT2D eigenvalue weighted by Crippen LogP contribution is -2.22. The molecule has 0 amide bonds. The SMILES string of the molecule is Cc1cccc(C)c1Cn1nc2ccccn2c1=O. The van der Waals surface area contributed by atoms with Gasteiger partial charge in [-0.25, -0.2) is 9.48 Å². The summed E-state index contributed by atoms with van der Waals surface area (Å²) in [5.74, 6) is 0. The van der Waals surface area contributed by atoms with E-state index >= 15 is 0 Å². The summed E-state index contributed by atoms with van der Waals surface area (Å²) in [6.07, 6.45) is 1.74. The third kappa shape index (κ3) is 1.95. The molecule has 0 atom stereocenters. The van der Waals surface area contributed by atoms with Crippen LogP contribution in [-0.4, -0.2) is 14.2 Å². The minimum absolute atomic E-state index is 0.0988. The number of fused-ring (bicyclic) bond motifs is 1. The summed E-state index contributed by atoms with van der Waals surface area (Å²) in [4.78, 5) is 12.2. The van der Waals surface area contributed by atoms with Crippen LogP contribution < -0.4 is 5.69 Å². The third-order valence-electron chi connectivity index (χ3n) is 3.44. The van der Waals surface area contributed by atoms with Crippen LogP contribution in [0.15, 0.2) is 47.4 Å². The highest BCUT2D eigenvalue weighted by Crippen LogP contribution is 2.13. The largest absolute Gasteiger partial charge is 0.350 e. The van der Waals surface area contributed by atoms with Crippen LogP contribution in [0.4, 0.5) is 0 Å². The zero-order chi connectivity index (χ0) is 13.4. The van der Waals surface area contributed by atoms with Gasteiger partial charge in [0.05, 0.1) is 6.54 Å². The molecule has 0 saturated carbocycles. The summed E-state index contributed by atoms with van der Waals surface area (Å²) in [6, 6.07) is 11.7. The van der Waals surface area contributed by atoms with Gasteiger partial charge in [0.25, 0.3) is 0 Å². The average Bonchev–Trinajstić information content (AvgIpc) is 2.72. The molecule has 0 radical (unpaired) electrons. The number of nitrogens with zero attached hydrogens (tertiary/aromatic N) is 3. The molecule has 2 heterocycles. The maximum Gasteiger partial charge on any atom is 0.350 e. The van der Waals surface area contributed by atoms with Crippen LogP contribution in [0.25, 0.3) is 5.65 Å². The van der Waals surface area contributed by atoms with Gasteiger partial charge in [-0.1, -0.05) is 24.3 Å².